The van der Waals surface area contributed by atoms with Crippen molar-refractivity contribution in [2.24, 2.45) is 0 Å². The predicted molar refractivity (Wildman–Crippen MR) is 79.5 cm³/mol. The van der Waals surface area contributed by atoms with Crippen LogP contribution in [0.5, 0.6) is 0 Å². The van der Waals surface area contributed by atoms with E-state index in [9.17, 15) is 8.42 Å². The minimum atomic E-state index is -3.09. The average molecular weight is 384 g/mol. The minimum Gasteiger partial charge on any atom is -0.229 e. The number of sulfone groups is 1. The number of benzene rings is 1. The third kappa shape index (κ3) is 3.80. The van der Waals surface area contributed by atoms with E-state index >= 15 is 0 Å². The molecule has 0 N–H and O–H groups in total. The second kappa shape index (κ2) is 5.41. The van der Waals surface area contributed by atoms with Crippen molar-refractivity contribution in [2.75, 3.05) is 6.26 Å². The van der Waals surface area contributed by atoms with Gasteiger partial charge >= 0.3 is 0 Å². The summed E-state index contributed by atoms with van der Waals surface area (Å²) in [6, 6.07) is 7.92. The van der Waals surface area contributed by atoms with E-state index in [4.69, 9.17) is 0 Å². The highest BCUT2D eigenvalue weighted by molar-refractivity contribution is 9.10. The van der Waals surface area contributed by atoms with E-state index in [0.717, 1.165) is 10.0 Å². The Bertz CT molecular complexity index is 478. The third-order valence-electron chi connectivity index (χ3n) is 3.04. The molecule has 96 valence electrons. The van der Waals surface area contributed by atoms with Gasteiger partial charge < -0.3 is 0 Å². The van der Waals surface area contributed by atoms with Crippen LogP contribution in [0, 0.1) is 0 Å². The zero-order valence-electron chi connectivity index (χ0n) is 10.1. The fraction of sp³-hybridized carbons (Fsp3) is 0.500. The molecular weight excluding hydrogens is 368 g/mol. The van der Waals surface area contributed by atoms with E-state index in [1.165, 1.54) is 6.26 Å². The maximum atomic E-state index is 11.7. The van der Waals surface area contributed by atoms with E-state index in [2.05, 4.69) is 31.9 Å². The molecule has 2 nitrogen and oxygen atoms in total. The van der Waals surface area contributed by atoms with Gasteiger partial charge in [0, 0.05) is 15.6 Å². The van der Waals surface area contributed by atoms with Crippen LogP contribution in [-0.2, 0) is 16.3 Å². The maximum absolute atomic E-state index is 11.7. The molecule has 0 aliphatic heterocycles. The second-order valence-corrected chi connectivity index (χ2v) is 9.29. The topological polar surface area (TPSA) is 34.1 Å². The van der Waals surface area contributed by atoms with E-state index in [0.29, 0.717) is 6.42 Å². The molecule has 0 bridgehead atoms. The lowest BCUT2D eigenvalue weighted by molar-refractivity contribution is 0.542. The first-order valence-corrected chi connectivity index (χ1v) is 8.82. The Morgan fingerprint density at radius 1 is 1.24 bits per heavy atom. The van der Waals surface area contributed by atoms with Crippen LogP contribution in [0.2, 0.25) is 0 Å². The maximum Gasteiger partial charge on any atom is 0.153 e. The van der Waals surface area contributed by atoms with Gasteiger partial charge in [0.1, 0.15) is 0 Å². The van der Waals surface area contributed by atoms with Crippen molar-refractivity contribution < 1.29 is 8.42 Å². The quantitative estimate of drug-likeness (QED) is 0.744. The van der Waals surface area contributed by atoms with Crippen molar-refractivity contribution in [3.8, 4) is 0 Å². The molecular formula is C12H16Br2O2S. The summed E-state index contributed by atoms with van der Waals surface area (Å²) in [5, 5.41) is 0. The largest absolute Gasteiger partial charge is 0.229 e. The molecule has 0 aromatic heterocycles. The summed E-state index contributed by atoms with van der Waals surface area (Å²) < 4.78 is 23.6. The molecule has 0 fully saturated rings. The van der Waals surface area contributed by atoms with Crippen LogP contribution in [0.4, 0.5) is 0 Å². The summed E-state index contributed by atoms with van der Waals surface area (Å²) in [4.78, 5) is -0.105. The molecule has 0 saturated carbocycles. The molecule has 17 heavy (non-hydrogen) atoms. The molecule has 1 aromatic carbocycles. The summed E-state index contributed by atoms with van der Waals surface area (Å²) >= 11 is 6.87. The van der Waals surface area contributed by atoms with Crippen molar-refractivity contribution in [2.45, 2.75) is 29.8 Å². The highest BCUT2D eigenvalue weighted by atomic mass is 79.9. The molecule has 0 aliphatic carbocycles. The van der Waals surface area contributed by atoms with Crippen molar-refractivity contribution in [3.05, 3.63) is 34.3 Å². The number of alkyl halides is 1. The number of hydrogen-bond donors (Lipinski definition) is 0. The molecule has 0 radical (unpaired) electrons. The van der Waals surface area contributed by atoms with Crippen molar-refractivity contribution in [1.29, 1.82) is 0 Å². The van der Waals surface area contributed by atoms with Gasteiger partial charge in [-0.1, -0.05) is 44.0 Å². The summed E-state index contributed by atoms with van der Waals surface area (Å²) in [6.45, 7) is 3.50. The summed E-state index contributed by atoms with van der Waals surface area (Å²) in [5.41, 5.74) is 1.12. The molecule has 0 aliphatic rings. The molecule has 1 rings (SSSR count). The van der Waals surface area contributed by atoms with Gasteiger partial charge in [-0.25, -0.2) is 8.42 Å². The van der Waals surface area contributed by atoms with Gasteiger partial charge in [-0.2, -0.15) is 0 Å². The summed E-state index contributed by atoms with van der Waals surface area (Å²) in [7, 11) is -3.09. The van der Waals surface area contributed by atoms with Gasteiger partial charge in [-0.3, -0.25) is 0 Å². The Kier molecular flexibility index (Phi) is 4.83. The monoisotopic (exact) mass is 382 g/mol. The van der Waals surface area contributed by atoms with Gasteiger partial charge in [-0.15, -0.1) is 0 Å². The Labute approximate surface area is 120 Å². The first-order valence-electron chi connectivity index (χ1n) is 5.22. The van der Waals surface area contributed by atoms with Crippen LogP contribution >= 0.6 is 31.9 Å². The minimum absolute atomic E-state index is 0.105. The SMILES string of the molecule is CC(C)(C(Br)Cc1ccc(Br)cc1)S(C)(=O)=O. The number of hydrogen-bond acceptors (Lipinski definition) is 2. The lowest BCUT2D eigenvalue weighted by Crippen LogP contribution is -2.41. The second-order valence-electron chi connectivity index (χ2n) is 4.67. The molecule has 1 aromatic rings. The van der Waals surface area contributed by atoms with Crippen LogP contribution in [0.25, 0.3) is 0 Å². The van der Waals surface area contributed by atoms with Gasteiger partial charge in [-0.05, 0) is 38.0 Å². The zero-order valence-corrected chi connectivity index (χ0v) is 14.1. The highest BCUT2D eigenvalue weighted by Crippen LogP contribution is 2.29. The Morgan fingerprint density at radius 2 is 1.71 bits per heavy atom. The standard InChI is InChI=1S/C12H16Br2O2S/c1-12(2,17(3,15)16)11(14)8-9-4-6-10(13)7-5-9/h4-7,11H,8H2,1-3H3. The molecule has 0 heterocycles. The van der Waals surface area contributed by atoms with Crippen molar-refractivity contribution in [1.82, 2.24) is 0 Å². The smallest absolute Gasteiger partial charge is 0.153 e. The highest BCUT2D eigenvalue weighted by Gasteiger charge is 2.37. The lowest BCUT2D eigenvalue weighted by atomic mass is 10.0. The molecule has 1 atom stereocenters. The number of rotatable bonds is 4. The van der Waals surface area contributed by atoms with Crippen LogP contribution in [0.3, 0.4) is 0 Å². The predicted octanol–water partition coefficient (Wildman–Crippen LogP) is 3.58. The van der Waals surface area contributed by atoms with E-state index in [1.807, 2.05) is 24.3 Å². The van der Waals surface area contributed by atoms with Gasteiger partial charge in [0.15, 0.2) is 9.84 Å². The summed E-state index contributed by atoms with van der Waals surface area (Å²) in [5.74, 6) is 0. The normalized spacial score (nSPS) is 14.6. The van der Waals surface area contributed by atoms with Gasteiger partial charge in [0.25, 0.3) is 0 Å². The first-order chi connectivity index (χ1) is 7.64. The van der Waals surface area contributed by atoms with Crippen molar-refractivity contribution in [3.63, 3.8) is 0 Å². The number of halogens is 2. The van der Waals surface area contributed by atoms with Crippen molar-refractivity contribution >= 4 is 41.7 Å². The summed E-state index contributed by atoms with van der Waals surface area (Å²) in [6.07, 6.45) is 1.97. The third-order valence-corrected chi connectivity index (χ3v) is 7.53. The molecule has 5 heteroatoms. The average Bonchev–Trinajstić information content (AvgIpc) is 2.19. The fourth-order valence-corrected chi connectivity index (χ4v) is 3.51. The van der Waals surface area contributed by atoms with Gasteiger partial charge in [0.2, 0.25) is 0 Å². The molecule has 0 spiro atoms. The van der Waals surface area contributed by atoms with Crippen LogP contribution in [0.1, 0.15) is 19.4 Å². The first kappa shape index (κ1) is 15.2. The van der Waals surface area contributed by atoms with Crippen LogP contribution < -0.4 is 0 Å². The fourth-order valence-electron chi connectivity index (χ4n) is 1.31. The van der Waals surface area contributed by atoms with E-state index < -0.39 is 14.6 Å². The zero-order chi connectivity index (χ0) is 13.3. The Morgan fingerprint density at radius 3 is 2.12 bits per heavy atom. The van der Waals surface area contributed by atoms with Crippen LogP contribution in [-0.4, -0.2) is 24.2 Å². The molecule has 0 saturated heterocycles. The molecule has 1 unspecified atom stereocenters. The van der Waals surface area contributed by atoms with Gasteiger partial charge in [0.05, 0.1) is 4.75 Å². The van der Waals surface area contributed by atoms with E-state index in [-0.39, 0.29) is 4.83 Å². The lowest BCUT2D eigenvalue weighted by Gasteiger charge is -2.28. The van der Waals surface area contributed by atoms with Crippen LogP contribution in [0.15, 0.2) is 28.7 Å². The Balaban J connectivity index is 2.86. The molecule has 0 amide bonds. The Hall–Kier alpha value is 0.130. The van der Waals surface area contributed by atoms with E-state index in [1.54, 1.807) is 13.8 Å².